The molecule has 0 atom stereocenters. The summed E-state index contributed by atoms with van der Waals surface area (Å²) in [7, 11) is 0. The Hall–Kier alpha value is -1.98. The van der Waals surface area contributed by atoms with E-state index in [0.717, 1.165) is 20.9 Å². The van der Waals surface area contributed by atoms with Gasteiger partial charge in [-0.3, -0.25) is 4.79 Å². The van der Waals surface area contributed by atoms with Crippen LogP contribution in [-0.2, 0) is 11.3 Å². The Balaban J connectivity index is 2.10. The highest BCUT2D eigenvalue weighted by molar-refractivity contribution is 7.99. The minimum absolute atomic E-state index is 0.0967. The fourth-order valence-corrected chi connectivity index (χ4v) is 3.50. The first kappa shape index (κ1) is 14.9. The van der Waals surface area contributed by atoms with E-state index in [1.165, 1.54) is 0 Å². The molecule has 0 bridgehead atoms. The number of carboxylic acids is 1. The van der Waals surface area contributed by atoms with Crippen molar-refractivity contribution in [3.63, 3.8) is 0 Å². The molecule has 0 amide bonds. The van der Waals surface area contributed by atoms with Crippen LogP contribution in [0.2, 0.25) is 5.02 Å². The van der Waals surface area contributed by atoms with Gasteiger partial charge in [-0.25, -0.2) is 4.98 Å². The summed E-state index contributed by atoms with van der Waals surface area (Å²) < 4.78 is 1.73. The topological polar surface area (TPSA) is 55.1 Å². The largest absolute Gasteiger partial charge is 0.480 e. The van der Waals surface area contributed by atoms with Crippen LogP contribution in [0.3, 0.4) is 0 Å². The zero-order valence-electron chi connectivity index (χ0n) is 11.8. The molecule has 3 rings (SSSR count). The highest BCUT2D eigenvalue weighted by atomic mass is 35.5. The number of pyridine rings is 1. The number of nitrogens with zero attached hydrogens (tertiary/aromatic N) is 2. The van der Waals surface area contributed by atoms with Gasteiger partial charge in [-0.1, -0.05) is 23.4 Å². The van der Waals surface area contributed by atoms with Crippen molar-refractivity contribution in [3.05, 3.63) is 53.3 Å². The third-order valence-electron chi connectivity index (χ3n) is 3.35. The van der Waals surface area contributed by atoms with E-state index in [0.29, 0.717) is 10.7 Å². The van der Waals surface area contributed by atoms with Crippen molar-refractivity contribution in [2.75, 3.05) is 0 Å². The van der Waals surface area contributed by atoms with Gasteiger partial charge in [0.05, 0.1) is 0 Å². The standard InChI is InChI=1S/C16H13ClN2O2S/c1-10-15(22-12-6-4-11(17)5-7-12)13-3-2-8-18-16(13)19(10)9-14(20)21/h2-8H,9H2,1H3,(H,20,21). The molecule has 0 aliphatic carbocycles. The Kier molecular flexibility index (Phi) is 4.09. The molecule has 3 aromatic rings. The number of aliphatic carboxylic acids is 1. The third-order valence-corrected chi connectivity index (χ3v) is 4.83. The molecule has 0 saturated carbocycles. The summed E-state index contributed by atoms with van der Waals surface area (Å²) in [6, 6.07) is 11.4. The molecule has 0 unspecified atom stereocenters. The van der Waals surface area contributed by atoms with Crippen LogP contribution in [0.5, 0.6) is 0 Å². The molecule has 0 aliphatic rings. The van der Waals surface area contributed by atoms with Crippen LogP contribution in [0.15, 0.2) is 52.4 Å². The fourth-order valence-electron chi connectivity index (χ4n) is 2.34. The van der Waals surface area contributed by atoms with Crippen LogP contribution in [0.1, 0.15) is 5.69 Å². The number of aromatic nitrogens is 2. The minimum Gasteiger partial charge on any atom is -0.480 e. The SMILES string of the molecule is Cc1c(Sc2ccc(Cl)cc2)c2cccnc2n1CC(=O)O. The van der Waals surface area contributed by atoms with Gasteiger partial charge < -0.3 is 9.67 Å². The van der Waals surface area contributed by atoms with Crippen molar-refractivity contribution >= 4 is 40.4 Å². The van der Waals surface area contributed by atoms with Crippen molar-refractivity contribution in [3.8, 4) is 0 Å². The molecule has 1 aromatic carbocycles. The fraction of sp³-hybridized carbons (Fsp3) is 0.125. The molecule has 0 fully saturated rings. The Morgan fingerprint density at radius 3 is 2.73 bits per heavy atom. The van der Waals surface area contributed by atoms with Gasteiger partial charge >= 0.3 is 5.97 Å². The van der Waals surface area contributed by atoms with Gasteiger partial charge in [0.15, 0.2) is 0 Å². The van der Waals surface area contributed by atoms with E-state index in [1.807, 2.05) is 43.3 Å². The van der Waals surface area contributed by atoms with Gasteiger partial charge in [0.25, 0.3) is 0 Å². The second kappa shape index (κ2) is 6.02. The van der Waals surface area contributed by atoms with Crippen LogP contribution in [0, 0.1) is 6.92 Å². The zero-order chi connectivity index (χ0) is 15.7. The molecule has 0 radical (unpaired) electrons. The van der Waals surface area contributed by atoms with Crippen LogP contribution in [-0.4, -0.2) is 20.6 Å². The van der Waals surface area contributed by atoms with Crippen molar-refractivity contribution in [2.24, 2.45) is 0 Å². The number of hydrogen-bond donors (Lipinski definition) is 1. The van der Waals surface area contributed by atoms with Crippen LogP contribution in [0.25, 0.3) is 11.0 Å². The first-order chi connectivity index (χ1) is 10.6. The predicted octanol–water partition coefficient (Wildman–Crippen LogP) is 4.23. The second-order valence-electron chi connectivity index (χ2n) is 4.82. The zero-order valence-corrected chi connectivity index (χ0v) is 13.4. The second-order valence-corrected chi connectivity index (χ2v) is 6.35. The van der Waals surface area contributed by atoms with Gasteiger partial charge in [0.2, 0.25) is 0 Å². The molecule has 4 nitrogen and oxygen atoms in total. The highest BCUT2D eigenvalue weighted by Crippen LogP contribution is 2.37. The molecule has 0 saturated heterocycles. The summed E-state index contributed by atoms with van der Waals surface area (Å²) in [4.78, 5) is 17.5. The number of hydrogen-bond acceptors (Lipinski definition) is 3. The van der Waals surface area contributed by atoms with Crippen LogP contribution in [0.4, 0.5) is 0 Å². The predicted molar refractivity (Wildman–Crippen MR) is 87.7 cm³/mol. The van der Waals surface area contributed by atoms with Crippen molar-refractivity contribution in [2.45, 2.75) is 23.3 Å². The van der Waals surface area contributed by atoms with E-state index in [-0.39, 0.29) is 6.54 Å². The average molecular weight is 333 g/mol. The number of carbonyl (C=O) groups is 1. The van der Waals surface area contributed by atoms with Gasteiger partial charge in [0.1, 0.15) is 12.2 Å². The lowest BCUT2D eigenvalue weighted by atomic mass is 10.3. The van der Waals surface area contributed by atoms with Gasteiger partial charge in [-0.15, -0.1) is 0 Å². The normalized spacial score (nSPS) is 11.0. The summed E-state index contributed by atoms with van der Waals surface area (Å²) >= 11 is 7.50. The van der Waals surface area contributed by atoms with E-state index < -0.39 is 5.97 Å². The Morgan fingerprint density at radius 1 is 1.32 bits per heavy atom. The molecule has 2 heterocycles. The summed E-state index contributed by atoms with van der Waals surface area (Å²) in [6.07, 6.45) is 1.68. The molecule has 0 aliphatic heterocycles. The summed E-state index contributed by atoms with van der Waals surface area (Å²) in [6.45, 7) is 1.82. The van der Waals surface area contributed by atoms with Gasteiger partial charge in [-0.2, -0.15) is 0 Å². The quantitative estimate of drug-likeness (QED) is 0.776. The van der Waals surface area contributed by atoms with Crippen molar-refractivity contribution < 1.29 is 9.90 Å². The highest BCUT2D eigenvalue weighted by Gasteiger charge is 2.17. The van der Waals surface area contributed by atoms with E-state index in [1.54, 1.807) is 22.5 Å². The lowest BCUT2D eigenvalue weighted by Crippen LogP contribution is -2.10. The van der Waals surface area contributed by atoms with E-state index >= 15 is 0 Å². The first-order valence-corrected chi connectivity index (χ1v) is 7.84. The van der Waals surface area contributed by atoms with Crippen molar-refractivity contribution in [1.82, 2.24) is 9.55 Å². The summed E-state index contributed by atoms with van der Waals surface area (Å²) in [5.74, 6) is -0.881. The Labute approximate surface area is 136 Å². The molecule has 22 heavy (non-hydrogen) atoms. The maximum absolute atomic E-state index is 11.1. The number of rotatable bonds is 4. The van der Waals surface area contributed by atoms with Gasteiger partial charge in [-0.05, 0) is 43.3 Å². The number of carboxylic acid groups (broad SMARTS) is 1. The maximum Gasteiger partial charge on any atom is 0.323 e. The number of fused-ring (bicyclic) bond motifs is 1. The number of benzene rings is 1. The molecule has 2 aromatic heterocycles. The summed E-state index contributed by atoms with van der Waals surface area (Å²) in [5, 5.41) is 10.8. The van der Waals surface area contributed by atoms with E-state index in [9.17, 15) is 4.79 Å². The molecular weight excluding hydrogens is 320 g/mol. The maximum atomic E-state index is 11.1. The lowest BCUT2D eigenvalue weighted by Gasteiger charge is -2.05. The Bertz CT molecular complexity index is 843. The smallest absolute Gasteiger partial charge is 0.323 e. The molecule has 0 spiro atoms. The van der Waals surface area contributed by atoms with Crippen molar-refractivity contribution in [1.29, 1.82) is 0 Å². The molecular formula is C16H13ClN2O2S. The summed E-state index contributed by atoms with van der Waals surface area (Å²) in [5.41, 5.74) is 1.59. The Morgan fingerprint density at radius 2 is 2.05 bits per heavy atom. The minimum atomic E-state index is -0.881. The molecule has 1 N–H and O–H groups in total. The third kappa shape index (κ3) is 2.82. The van der Waals surface area contributed by atoms with E-state index in [2.05, 4.69) is 4.98 Å². The van der Waals surface area contributed by atoms with Crippen LogP contribution < -0.4 is 0 Å². The molecule has 6 heteroatoms. The average Bonchev–Trinajstić information content (AvgIpc) is 2.75. The van der Waals surface area contributed by atoms with Gasteiger partial charge in [0, 0.05) is 32.1 Å². The monoisotopic (exact) mass is 332 g/mol. The van der Waals surface area contributed by atoms with E-state index in [4.69, 9.17) is 16.7 Å². The first-order valence-electron chi connectivity index (χ1n) is 6.65. The number of halogens is 1. The lowest BCUT2D eigenvalue weighted by molar-refractivity contribution is -0.137. The van der Waals surface area contributed by atoms with Crippen LogP contribution >= 0.6 is 23.4 Å². The molecule has 112 valence electrons.